The van der Waals surface area contributed by atoms with Crippen LogP contribution in [0.3, 0.4) is 0 Å². The molecule has 7 nitrogen and oxygen atoms in total. The fraction of sp³-hybridized carbons (Fsp3) is 0.524. The third-order valence-corrected chi connectivity index (χ3v) is 6.26. The number of H-pyrrole nitrogens is 1. The van der Waals surface area contributed by atoms with Gasteiger partial charge < -0.3 is 9.73 Å². The molecule has 0 atom stereocenters. The van der Waals surface area contributed by atoms with Crippen molar-refractivity contribution in [3.8, 4) is 11.5 Å². The van der Waals surface area contributed by atoms with Crippen LogP contribution in [0.25, 0.3) is 11.5 Å². The number of nitrogens with one attached hydrogen (secondary N) is 2. The highest BCUT2D eigenvalue weighted by atomic mass is 32.1. The molecule has 29 heavy (non-hydrogen) atoms. The second-order valence-electron chi connectivity index (χ2n) is 8.80. The first-order valence-corrected chi connectivity index (χ1v) is 11.0. The number of carbonyl (C=O) groups is 1. The molecule has 0 aromatic carbocycles. The number of hydrogen-bond acceptors (Lipinski definition) is 6. The van der Waals surface area contributed by atoms with Crippen LogP contribution in [0.15, 0.2) is 27.3 Å². The molecular formula is C21H27N5O2S. The van der Waals surface area contributed by atoms with Crippen molar-refractivity contribution in [2.45, 2.75) is 57.8 Å². The lowest BCUT2D eigenvalue weighted by Gasteiger charge is -2.26. The summed E-state index contributed by atoms with van der Waals surface area (Å²) in [4.78, 5) is 12.4. The Balaban J connectivity index is 1.26. The average Bonchev–Trinajstić information content (AvgIpc) is 3.46. The fourth-order valence-electron chi connectivity index (χ4n) is 3.67. The predicted molar refractivity (Wildman–Crippen MR) is 112 cm³/mol. The van der Waals surface area contributed by atoms with Crippen LogP contribution in [0.1, 0.15) is 74.4 Å². The van der Waals surface area contributed by atoms with Gasteiger partial charge in [-0.15, -0.1) is 10.2 Å². The molecule has 3 aromatic heterocycles. The average molecular weight is 414 g/mol. The van der Waals surface area contributed by atoms with Crippen molar-refractivity contribution in [1.82, 2.24) is 25.7 Å². The zero-order valence-electron chi connectivity index (χ0n) is 17.1. The smallest absolute Gasteiger partial charge is 0.271 e. The Kier molecular flexibility index (Phi) is 5.54. The van der Waals surface area contributed by atoms with Crippen LogP contribution in [0.5, 0.6) is 0 Å². The van der Waals surface area contributed by atoms with Gasteiger partial charge in [0.1, 0.15) is 5.69 Å². The van der Waals surface area contributed by atoms with E-state index < -0.39 is 0 Å². The van der Waals surface area contributed by atoms with E-state index in [4.69, 9.17) is 4.42 Å². The van der Waals surface area contributed by atoms with Crippen molar-refractivity contribution >= 4 is 17.2 Å². The first-order chi connectivity index (χ1) is 13.9. The minimum Gasteiger partial charge on any atom is -0.420 e. The summed E-state index contributed by atoms with van der Waals surface area (Å²) in [6.07, 6.45) is 4.08. The molecule has 3 heterocycles. The van der Waals surface area contributed by atoms with Crippen molar-refractivity contribution in [2.24, 2.45) is 5.92 Å². The van der Waals surface area contributed by atoms with E-state index in [2.05, 4.69) is 46.5 Å². The van der Waals surface area contributed by atoms with Crippen LogP contribution in [0, 0.1) is 5.92 Å². The molecule has 0 radical (unpaired) electrons. The van der Waals surface area contributed by atoms with Crippen LogP contribution in [-0.4, -0.2) is 32.8 Å². The number of rotatable bonds is 5. The topological polar surface area (TPSA) is 96.7 Å². The predicted octanol–water partition coefficient (Wildman–Crippen LogP) is 4.52. The molecule has 0 bridgehead atoms. The number of aromatic nitrogens is 4. The molecule has 1 aliphatic rings. The van der Waals surface area contributed by atoms with Crippen LogP contribution >= 0.6 is 11.3 Å². The van der Waals surface area contributed by atoms with Crippen LogP contribution in [0.4, 0.5) is 0 Å². The maximum absolute atomic E-state index is 12.4. The van der Waals surface area contributed by atoms with Gasteiger partial charge in [-0.1, -0.05) is 20.8 Å². The Labute approximate surface area is 174 Å². The third kappa shape index (κ3) is 4.58. The Bertz CT molecular complexity index is 946. The van der Waals surface area contributed by atoms with Crippen molar-refractivity contribution in [1.29, 1.82) is 0 Å². The second-order valence-corrected chi connectivity index (χ2v) is 9.58. The van der Waals surface area contributed by atoms with E-state index in [1.165, 1.54) is 0 Å². The van der Waals surface area contributed by atoms with Gasteiger partial charge in [0.2, 0.25) is 11.8 Å². The van der Waals surface area contributed by atoms with E-state index in [0.717, 1.165) is 42.8 Å². The first-order valence-electron chi connectivity index (χ1n) is 10.1. The summed E-state index contributed by atoms with van der Waals surface area (Å²) in [6, 6.07) is 3.83. The molecule has 8 heteroatoms. The van der Waals surface area contributed by atoms with Gasteiger partial charge in [-0.3, -0.25) is 9.89 Å². The van der Waals surface area contributed by atoms with E-state index in [9.17, 15) is 4.79 Å². The number of amides is 1. The van der Waals surface area contributed by atoms with Gasteiger partial charge >= 0.3 is 0 Å². The van der Waals surface area contributed by atoms with E-state index in [0.29, 0.717) is 30.0 Å². The largest absolute Gasteiger partial charge is 0.420 e. The molecule has 4 rings (SSSR count). The molecule has 1 fully saturated rings. The summed E-state index contributed by atoms with van der Waals surface area (Å²) < 4.78 is 5.89. The molecule has 0 saturated heterocycles. The lowest BCUT2D eigenvalue weighted by Crippen LogP contribution is -2.31. The SMILES string of the molecule is CC(C)(C)c1cc(C(=O)NCC2CCC(c3nnc(-c4ccsc4)o3)CC2)n[nH]1. The molecule has 1 saturated carbocycles. The van der Waals surface area contributed by atoms with E-state index in [1.807, 2.05) is 22.9 Å². The summed E-state index contributed by atoms with van der Waals surface area (Å²) >= 11 is 1.62. The standard InChI is InChI=1S/C21H27N5O2S/c1-21(2,3)17-10-16(23-24-17)18(27)22-11-13-4-6-14(7-5-13)19-25-26-20(28-19)15-8-9-29-12-15/h8-10,12-14H,4-7,11H2,1-3H3,(H,22,27)(H,23,24). The maximum atomic E-state index is 12.4. The number of nitrogens with zero attached hydrogens (tertiary/aromatic N) is 3. The number of hydrogen-bond donors (Lipinski definition) is 2. The van der Waals surface area contributed by atoms with Crippen LogP contribution < -0.4 is 5.32 Å². The molecule has 154 valence electrons. The second kappa shape index (κ2) is 8.10. The van der Waals surface area contributed by atoms with E-state index >= 15 is 0 Å². The summed E-state index contributed by atoms with van der Waals surface area (Å²) in [6.45, 7) is 6.95. The van der Waals surface area contributed by atoms with Gasteiger partial charge in [0.05, 0.1) is 0 Å². The Morgan fingerprint density at radius 2 is 2.07 bits per heavy atom. The van der Waals surface area contributed by atoms with Crippen molar-refractivity contribution in [2.75, 3.05) is 6.54 Å². The van der Waals surface area contributed by atoms with Crippen LogP contribution in [-0.2, 0) is 5.41 Å². The molecule has 1 aliphatic carbocycles. The van der Waals surface area contributed by atoms with Gasteiger partial charge in [-0.2, -0.15) is 16.4 Å². The summed E-state index contributed by atoms with van der Waals surface area (Å²) in [5, 5.41) is 22.6. The van der Waals surface area contributed by atoms with Gasteiger partial charge in [0.25, 0.3) is 5.91 Å². The monoisotopic (exact) mass is 413 g/mol. The zero-order valence-corrected chi connectivity index (χ0v) is 17.9. The highest BCUT2D eigenvalue weighted by Crippen LogP contribution is 2.36. The lowest BCUT2D eigenvalue weighted by molar-refractivity contribution is 0.0937. The number of aromatic amines is 1. The van der Waals surface area contributed by atoms with Gasteiger partial charge in [0.15, 0.2) is 0 Å². The molecule has 3 aromatic rings. The molecule has 2 N–H and O–H groups in total. The number of thiophene rings is 1. The minimum atomic E-state index is -0.115. The first kappa shape index (κ1) is 19.8. The number of carbonyl (C=O) groups excluding carboxylic acids is 1. The Morgan fingerprint density at radius 3 is 2.72 bits per heavy atom. The van der Waals surface area contributed by atoms with E-state index in [-0.39, 0.29) is 11.3 Å². The zero-order chi connectivity index (χ0) is 20.4. The third-order valence-electron chi connectivity index (χ3n) is 5.57. The van der Waals surface area contributed by atoms with Crippen molar-refractivity contribution in [3.05, 3.63) is 40.2 Å². The molecule has 0 unspecified atom stereocenters. The Morgan fingerprint density at radius 1 is 1.28 bits per heavy atom. The minimum absolute atomic E-state index is 0.0536. The Hall–Kier alpha value is -2.48. The van der Waals surface area contributed by atoms with E-state index in [1.54, 1.807) is 11.3 Å². The maximum Gasteiger partial charge on any atom is 0.271 e. The summed E-state index contributed by atoms with van der Waals surface area (Å²) in [5.41, 5.74) is 2.35. The lowest BCUT2D eigenvalue weighted by atomic mass is 9.82. The summed E-state index contributed by atoms with van der Waals surface area (Å²) in [5.74, 6) is 2.00. The molecular weight excluding hydrogens is 386 g/mol. The normalized spacial score (nSPS) is 20.0. The van der Waals surface area contributed by atoms with Crippen molar-refractivity contribution < 1.29 is 9.21 Å². The highest BCUT2D eigenvalue weighted by molar-refractivity contribution is 7.08. The molecule has 1 amide bonds. The van der Waals surface area contributed by atoms with Crippen molar-refractivity contribution in [3.63, 3.8) is 0 Å². The van der Waals surface area contributed by atoms with Gasteiger partial charge in [-0.05, 0) is 49.1 Å². The molecule has 0 spiro atoms. The summed E-state index contributed by atoms with van der Waals surface area (Å²) in [7, 11) is 0. The molecule has 0 aliphatic heterocycles. The fourth-order valence-corrected chi connectivity index (χ4v) is 4.30. The van der Waals surface area contributed by atoms with Gasteiger partial charge in [-0.25, -0.2) is 0 Å². The van der Waals surface area contributed by atoms with Gasteiger partial charge in [0, 0.05) is 34.5 Å². The quantitative estimate of drug-likeness (QED) is 0.641. The van der Waals surface area contributed by atoms with Crippen LogP contribution in [0.2, 0.25) is 0 Å². The highest BCUT2D eigenvalue weighted by Gasteiger charge is 2.27.